The van der Waals surface area contributed by atoms with E-state index in [9.17, 15) is 4.79 Å². The van der Waals surface area contributed by atoms with Crippen LogP contribution in [-0.2, 0) is 17.6 Å². The Hall–Kier alpha value is -2.33. The zero-order chi connectivity index (χ0) is 16.4. The van der Waals surface area contributed by atoms with Crippen molar-refractivity contribution in [2.75, 3.05) is 7.11 Å². The van der Waals surface area contributed by atoms with Gasteiger partial charge in [0.05, 0.1) is 25.6 Å². The van der Waals surface area contributed by atoms with Gasteiger partial charge < -0.3 is 15.8 Å². The summed E-state index contributed by atoms with van der Waals surface area (Å²) in [4.78, 5) is 12.4. The highest BCUT2D eigenvalue weighted by atomic mass is 16.5. The van der Waals surface area contributed by atoms with Crippen LogP contribution in [0.3, 0.4) is 0 Å². The Morgan fingerprint density at radius 3 is 2.78 bits per heavy atom. The molecule has 0 saturated carbocycles. The molecule has 3 N–H and O–H groups in total. The standard InChI is InChI=1S/C19H22N2O2/c1-12-9-15(23-2)8-7-13(12)11-18(22)21-17-10-14-5-3-4-6-16(14)19(17)20/h3-9,17,19H,10-11,20H2,1-2H3,(H,21,22)/t17-,19-/m1/s1. The summed E-state index contributed by atoms with van der Waals surface area (Å²) in [7, 11) is 1.64. The number of fused-ring (bicyclic) bond motifs is 1. The highest BCUT2D eigenvalue weighted by Gasteiger charge is 2.30. The molecule has 0 aromatic heterocycles. The first-order valence-corrected chi connectivity index (χ1v) is 7.84. The summed E-state index contributed by atoms with van der Waals surface area (Å²) in [5.41, 5.74) is 10.7. The summed E-state index contributed by atoms with van der Waals surface area (Å²) in [6.45, 7) is 1.99. The monoisotopic (exact) mass is 310 g/mol. The number of hydrogen-bond acceptors (Lipinski definition) is 3. The van der Waals surface area contributed by atoms with Crippen molar-refractivity contribution in [3.05, 3.63) is 64.7 Å². The maximum atomic E-state index is 12.4. The molecule has 120 valence electrons. The molecule has 0 radical (unpaired) electrons. The number of rotatable bonds is 4. The molecule has 3 rings (SSSR count). The summed E-state index contributed by atoms with van der Waals surface area (Å²) in [6.07, 6.45) is 1.15. The van der Waals surface area contributed by atoms with Gasteiger partial charge in [-0.05, 0) is 47.7 Å². The van der Waals surface area contributed by atoms with Crippen molar-refractivity contribution in [2.45, 2.75) is 31.8 Å². The molecule has 2 atom stereocenters. The van der Waals surface area contributed by atoms with E-state index < -0.39 is 0 Å². The second-order valence-electron chi connectivity index (χ2n) is 6.07. The highest BCUT2D eigenvalue weighted by molar-refractivity contribution is 5.79. The van der Waals surface area contributed by atoms with E-state index >= 15 is 0 Å². The minimum atomic E-state index is -0.132. The fourth-order valence-electron chi connectivity index (χ4n) is 3.19. The predicted molar refractivity (Wildman–Crippen MR) is 90.4 cm³/mol. The number of aryl methyl sites for hydroxylation is 1. The summed E-state index contributed by atoms with van der Waals surface area (Å²) in [5, 5.41) is 3.08. The van der Waals surface area contributed by atoms with Gasteiger partial charge in [0, 0.05) is 0 Å². The third-order valence-corrected chi connectivity index (χ3v) is 4.53. The lowest BCUT2D eigenvalue weighted by atomic mass is 10.0. The van der Waals surface area contributed by atoms with Crippen LogP contribution in [0.2, 0.25) is 0 Å². The van der Waals surface area contributed by atoms with Gasteiger partial charge in [-0.15, -0.1) is 0 Å². The average Bonchev–Trinajstić information content (AvgIpc) is 2.86. The van der Waals surface area contributed by atoms with Crippen molar-refractivity contribution < 1.29 is 9.53 Å². The molecule has 1 amide bonds. The molecule has 0 aliphatic heterocycles. The second-order valence-corrected chi connectivity index (χ2v) is 6.07. The lowest BCUT2D eigenvalue weighted by molar-refractivity contribution is -0.121. The highest BCUT2D eigenvalue weighted by Crippen LogP contribution is 2.29. The zero-order valence-electron chi connectivity index (χ0n) is 13.5. The van der Waals surface area contributed by atoms with Crippen molar-refractivity contribution in [1.82, 2.24) is 5.32 Å². The van der Waals surface area contributed by atoms with Gasteiger partial charge in [0.2, 0.25) is 5.91 Å². The number of benzene rings is 2. The molecule has 0 spiro atoms. The molecule has 0 unspecified atom stereocenters. The lowest BCUT2D eigenvalue weighted by Crippen LogP contribution is -2.41. The number of nitrogens with two attached hydrogens (primary N) is 1. The van der Waals surface area contributed by atoms with Crippen molar-refractivity contribution >= 4 is 5.91 Å². The summed E-state index contributed by atoms with van der Waals surface area (Å²) >= 11 is 0. The van der Waals surface area contributed by atoms with E-state index in [4.69, 9.17) is 10.5 Å². The van der Waals surface area contributed by atoms with Gasteiger partial charge >= 0.3 is 0 Å². The van der Waals surface area contributed by atoms with Gasteiger partial charge in [0.15, 0.2) is 0 Å². The maximum absolute atomic E-state index is 12.4. The van der Waals surface area contributed by atoms with Crippen LogP contribution in [-0.4, -0.2) is 19.1 Å². The molecule has 0 heterocycles. The van der Waals surface area contributed by atoms with E-state index in [0.717, 1.165) is 28.9 Å². The van der Waals surface area contributed by atoms with Crippen LogP contribution in [0.25, 0.3) is 0 Å². The molecule has 2 aromatic carbocycles. The van der Waals surface area contributed by atoms with Crippen LogP contribution in [0.1, 0.15) is 28.3 Å². The molecule has 2 aromatic rings. The van der Waals surface area contributed by atoms with Gasteiger partial charge in [0.1, 0.15) is 5.75 Å². The first-order chi connectivity index (χ1) is 11.1. The first kappa shape index (κ1) is 15.6. The molecule has 0 bridgehead atoms. The Morgan fingerprint density at radius 1 is 1.30 bits per heavy atom. The first-order valence-electron chi connectivity index (χ1n) is 7.84. The molecule has 23 heavy (non-hydrogen) atoms. The molecule has 0 fully saturated rings. The molecular weight excluding hydrogens is 288 g/mol. The fourth-order valence-corrected chi connectivity index (χ4v) is 3.19. The van der Waals surface area contributed by atoms with Crippen LogP contribution in [0.15, 0.2) is 42.5 Å². The SMILES string of the molecule is COc1ccc(CC(=O)N[C@@H]2Cc3ccccc3[C@H]2N)c(C)c1. The number of methoxy groups -OCH3 is 1. The van der Waals surface area contributed by atoms with Gasteiger partial charge in [-0.2, -0.15) is 0 Å². The number of amides is 1. The van der Waals surface area contributed by atoms with E-state index in [-0.39, 0.29) is 18.0 Å². The Labute approximate surface area is 136 Å². The van der Waals surface area contributed by atoms with E-state index in [2.05, 4.69) is 11.4 Å². The van der Waals surface area contributed by atoms with E-state index in [1.54, 1.807) is 7.11 Å². The lowest BCUT2D eigenvalue weighted by Gasteiger charge is -2.18. The van der Waals surface area contributed by atoms with Crippen LogP contribution in [0.5, 0.6) is 5.75 Å². The minimum Gasteiger partial charge on any atom is -0.497 e. The molecule has 1 aliphatic rings. The van der Waals surface area contributed by atoms with Crippen molar-refractivity contribution in [1.29, 1.82) is 0 Å². The van der Waals surface area contributed by atoms with Crippen LogP contribution >= 0.6 is 0 Å². The second kappa shape index (κ2) is 6.42. The fraction of sp³-hybridized carbons (Fsp3) is 0.316. The van der Waals surface area contributed by atoms with Crippen LogP contribution in [0.4, 0.5) is 0 Å². The van der Waals surface area contributed by atoms with Gasteiger partial charge in [0.25, 0.3) is 0 Å². The average molecular weight is 310 g/mol. The smallest absolute Gasteiger partial charge is 0.224 e. The Kier molecular flexibility index (Phi) is 4.35. The quantitative estimate of drug-likeness (QED) is 0.910. The van der Waals surface area contributed by atoms with E-state index in [1.807, 2.05) is 43.3 Å². The van der Waals surface area contributed by atoms with Crippen molar-refractivity contribution in [3.63, 3.8) is 0 Å². The Bertz CT molecular complexity index is 727. The van der Waals surface area contributed by atoms with Gasteiger partial charge in [-0.3, -0.25) is 4.79 Å². The van der Waals surface area contributed by atoms with Gasteiger partial charge in [-0.25, -0.2) is 0 Å². The largest absolute Gasteiger partial charge is 0.497 e. The number of nitrogens with one attached hydrogen (secondary N) is 1. The summed E-state index contributed by atoms with van der Waals surface area (Å²) < 4.78 is 5.20. The maximum Gasteiger partial charge on any atom is 0.224 e. The van der Waals surface area contributed by atoms with Crippen LogP contribution < -0.4 is 15.8 Å². The molecular formula is C19H22N2O2. The number of ether oxygens (including phenoxy) is 1. The Balaban J connectivity index is 1.65. The Morgan fingerprint density at radius 2 is 2.09 bits per heavy atom. The number of carbonyl (C=O) groups excluding carboxylic acids is 1. The van der Waals surface area contributed by atoms with E-state index in [1.165, 1.54) is 5.56 Å². The van der Waals surface area contributed by atoms with E-state index in [0.29, 0.717) is 6.42 Å². The third-order valence-electron chi connectivity index (χ3n) is 4.53. The number of hydrogen-bond donors (Lipinski definition) is 2. The molecule has 0 saturated heterocycles. The third kappa shape index (κ3) is 3.22. The van der Waals surface area contributed by atoms with Crippen molar-refractivity contribution in [2.24, 2.45) is 5.73 Å². The predicted octanol–water partition coefficient (Wildman–Crippen LogP) is 2.29. The van der Waals surface area contributed by atoms with Gasteiger partial charge in [-0.1, -0.05) is 30.3 Å². The molecule has 4 nitrogen and oxygen atoms in total. The zero-order valence-corrected chi connectivity index (χ0v) is 13.5. The summed E-state index contributed by atoms with van der Waals surface area (Å²) in [6, 6.07) is 13.7. The molecule has 1 aliphatic carbocycles. The van der Waals surface area contributed by atoms with Crippen LogP contribution in [0, 0.1) is 6.92 Å². The minimum absolute atomic E-state index is 0.00604. The summed E-state index contributed by atoms with van der Waals surface area (Å²) in [5.74, 6) is 0.812. The molecule has 4 heteroatoms. The van der Waals surface area contributed by atoms with Crippen molar-refractivity contribution in [3.8, 4) is 5.75 Å². The normalized spacial score (nSPS) is 19.3. The number of carbonyl (C=O) groups is 1. The topological polar surface area (TPSA) is 64.3 Å².